The van der Waals surface area contributed by atoms with Gasteiger partial charge < -0.3 is 14.8 Å². The highest BCUT2D eigenvalue weighted by molar-refractivity contribution is 7.89. The number of hydrogen-bond acceptors (Lipinski definition) is 6. The lowest BCUT2D eigenvalue weighted by Gasteiger charge is -2.10. The van der Waals surface area contributed by atoms with Crippen LogP contribution in [0, 0.1) is 5.82 Å². The first kappa shape index (κ1) is 17.8. The molecule has 0 amide bonds. The summed E-state index contributed by atoms with van der Waals surface area (Å²) in [4.78, 5) is 3.34. The van der Waals surface area contributed by atoms with Crippen LogP contribution in [0.2, 0.25) is 0 Å². The van der Waals surface area contributed by atoms with E-state index in [4.69, 9.17) is 9.47 Å². The zero-order chi connectivity index (χ0) is 15.7. The molecule has 0 unspecified atom stereocenters. The maximum absolute atomic E-state index is 13.7. The highest BCUT2D eigenvalue weighted by Gasteiger charge is 2.19. The van der Waals surface area contributed by atoms with Crippen molar-refractivity contribution in [2.75, 3.05) is 45.8 Å². The van der Waals surface area contributed by atoms with Gasteiger partial charge in [0.05, 0.1) is 12.8 Å². The third kappa shape index (κ3) is 5.92. The maximum atomic E-state index is 13.7. The fraction of sp³-hybridized carbons (Fsp3) is 0.583. The van der Waals surface area contributed by atoms with Crippen molar-refractivity contribution in [1.29, 1.82) is 0 Å². The lowest BCUT2D eigenvalue weighted by atomic mass is 10.4. The van der Waals surface area contributed by atoms with Crippen molar-refractivity contribution >= 4 is 15.8 Å². The predicted molar refractivity (Wildman–Crippen MR) is 76.2 cm³/mol. The van der Waals surface area contributed by atoms with Gasteiger partial charge in [-0.05, 0) is 6.42 Å². The number of sulfonamides is 1. The molecule has 0 spiro atoms. The van der Waals surface area contributed by atoms with E-state index in [1.54, 1.807) is 7.11 Å². The Labute approximate surface area is 123 Å². The van der Waals surface area contributed by atoms with Gasteiger partial charge >= 0.3 is 0 Å². The first-order valence-electron chi connectivity index (χ1n) is 6.38. The lowest BCUT2D eigenvalue weighted by Crippen LogP contribution is -2.26. The summed E-state index contributed by atoms with van der Waals surface area (Å²) in [5.74, 6) is -0.628. The molecule has 0 aliphatic rings. The molecule has 2 N–H and O–H groups in total. The van der Waals surface area contributed by atoms with E-state index in [2.05, 4.69) is 15.0 Å². The number of ether oxygens (including phenoxy) is 2. The van der Waals surface area contributed by atoms with Gasteiger partial charge in [-0.3, -0.25) is 0 Å². The lowest BCUT2D eigenvalue weighted by molar-refractivity contribution is 0.196. The van der Waals surface area contributed by atoms with Crippen LogP contribution in [0.1, 0.15) is 6.42 Å². The molecule has 0 atom stereocenters. The first-order valence-corrected chi connectivity index (χ1v) is 7.86. The van der Waals surface area contributed by atoms with Gasteiger partial charge in [0, 0.05) is 40.0 Å². The third-order valence-electron chi connectivity index (χ3n) is 2.54. The molecule has 0 radical (unpaired) electrons. The monoisotopic (exact) mass is 321 g/mol. The number of nitrogens with one attached hydrogen (secondary N) is 2. The molecule has 9 heteroatoms. The van der Waals surface area contributed by atoms with Crippen molar-refractivity contribution in [3.8, 4) is 0 Å². The summed E-state index contributed by atoms with van der Waals surface area (Å²) in [7, 11) is -0.852. The Kier molecular flexibility index (Phi) is 7.51. The van der Waals surface area contributed by atoms with Crippen molar-refractivity contribution in [3.05, 3.63) is 18.1 Å². The summed E-state index contributed by atoms with van der Waals surface area (Å²) in [6, 6.07) is 1.16. The molecule has 0 bridgehead atoms. The summed E-state index contributed by atoms with van der Waals surface area (Å²) in [5, 5.41) is 2.85. The number of methoxy groups -OCH3 is 2. The van der Waals surface area contributed by atoms with Crippen LogP contribution in [0.25, 0.3) is 0 Å². The summed E-state index contributed by atoms with van der Waals surface area (Å²) in [6.45, 7) is 1.46. The van der Waals surface area contributed by atoms with Gasteiger partial charge in [0.15, 0.2) is 5.82 Å². The van der Waals surface area contributed by atoms with Gasteiger partial charge in [-0.1, -0.05) is 0 Å². The molecule has 0 aromatic carbocycles. The Morgan fingerprint density at radius 2 is 1.95 bits per heavy atom. The van der Waals surface area contributed by atoms with Gasteiger partial charge in [0.1, 0.15) is 10.7 Å². The first-order chi connectivity index (χ1) is 10.0. The average Bonchev–Trinajstić information content (AvgIpc) is 2.45. The zero-order valence-corrected chi connectivity index (χ0v) is 12.9. The molecular weight excluding hydrogens is 301 g/mol. The van der Waals surface area contributed by atoms with Crippen LogP contribution in [0.4, 0.5) is 10.2 Å². The number of aromatic nitrogens is 1. The van der Waals surface area contributed by atoms with Crippen molar-refractivity contribution in [1.82, 2.24) is 9.71 Å². The van der Waals surface area contributed by atoms with Crippen LogP contribution < -0.4 is 10.0 Å². The Balaban J connectivity index is 2.77. The van der Waals surface area contributed by atoms with Gasteiger partial charge in [0.2, 0.25) is 10.0 Å². The molecule has 1 aromatic heterocycles. The van der Waals surface area contributed by atoms with Gasteiger partial charge in [0.25, 0.3) is 0 Å². The van der Waals surface area contributed by atoms with Crippen molar-refractivity contribution in [2.24, 2.45) is 0 Å². The molecule has 0 saturated carbocycles. The van der Waals surface area contributed by atoms with E-state index in [1.807, 2.05) is 0 Å². The minimum absolute atomic E-state index is 0.171. The van der Waals surface area contributed by atoms with Crippen LogP contribution in [-0.2, 0) is 19.5 Å². The second-order valence-corrected chi connectivity index (χ2v) is 5.90. The highest BCUT2D eigenvalue weighted by atomic mass is 32.2. The van der Waals surface area contributed by atoms with Crippen molar-refractivity contribution < 1.29 is 22.3 Å². The van der Waals surface area contributed by atoms with Crippen LogP contribution in [-0.4, -0.2) is 53.9 Å². The molecule has 0 saturated heterocycles. The fourth-order valence-electron chi connectivity index (χ4n) is 1.50. The molecule has 1 aromatic rings. The standard InChI is InChI=1S/C12H20FN3O4S/c1-19-6-3-4-16-21(17,18)11-8-12(14-5-7-20-2)15-9-10(11)13/h8-9,16H,3-7H2,1-2H3,(H,14,15). The third-order valence-corrected chi connectivity index (χ3v) is 4.02. The number of pyridine rings is 1. The molecule has 0 fully saturated rings. The van der Waals surface area contributed by atoms with Crippen molar-refractivity contribution in [3.63, 3.8) is 0 Å². The van der Waals surface area contributed by atoms with E-state index < -0.39 is 20.7 Å². The number of hydrogen-bond donors (Lipinski definition) is 2. The molecule has 7 nitrogen and oxygen atoms in total. The smallest absolute Gasteiger partial charge is 0.243 e. The molecule has 120 valence electrons. The normalized spacial score (nSPS) is 11.6. The summed E-state index contributed by atoms with van der Waals surface area (Å²) >= 11 is 0. The Morgan fingerprint density at radius 1 is 1.24 bits per heavy atom. The largest absolute Gasteiger partial charge is 0.385 e. The van der Waals surface area contributed by atoms with E-state index in [0.29, 0.717) is 26.2 Å². The van der Waals surface area contributed by atoms with Crippen molar-refractivity contribution in [2.45, 2.75) is 11.3 Å². The van der Waals surface area contributed by atoms with Crippen LogP contribution in [0.3, 0.4) is 0 Å². The quantitative estimate of drug-likeness (QED) is 0.613. The Bertz CT molecular complexity index is 539. The average molecular weight is 321 g/mol. The maximum Gasteiger partial charge on any atom is 0.243 e. The Morgan fingerprint density at radius 3 is 2.62 bits per heavy atom. The molecule has 1 heterocycles. The summed E-state index contributed by atoms with van der Waals surface area (Å²) in [6.07, 6.45) is 1.38. The van der Waals surface area contributed by atoms with E-state index in [1.165, 1.54) is 7.11 Å². The van der Waals surface area contributed by atoms with E-state index >= 15 is 0 Å². The van der Waals surface area contributed by atoms with E-state index in [-0.39, 0.29) is 12.4 Å². The minimum Gasteiger partial charge on any atom is -0.385 e. The van der Waals surface area contributed by atoms with Gasteiger partial charge in [-0.2, -0.15) is 0 Å². The fourth-order valence-corrected chi connectivity index (χ4v) is 2.65. The van der Waals surface area contributed by atoms with E-state index in [0.717, 1.165) is 12.3 Å². The molecule has 0 aliphatic carbocycles. The summed E-state index contributed by atoms with van der Waals surface area (Å²) < 4.78 is 49.7. The summed E-state index contributed by atoms with van der Waals surface area (Å²) in [5.41, 5.74) is 0. The SMILES string of the molecule is COCCCNS(=O)(=O)c1cc(NCCOC)ncc1F. The second-order valence-electron chi connectivity index (χ2n) is 4.16. The Hall–Kier alpha value is -1.29. The zero-order valence-electron chi connectivity index (χ0n) is 12.1. The van der Waals surface area contributed by atoms with Crippen LogP contribution >= 0.6 is 0 Å². The van der Waals surface area contributed by atoms with Gasteiger partial charge in [-0.25, -0.2) is 22.5 Å². The van der Waals surface area contributed by atoms with Gasteiger partial charge in [-0.15, -0.1) is 0 Å². The molecule has 21 heavy (non-hydrogen) atoms. The minimum atomic E-state index is -3.92. The number of nitrogens with zero attached hydrogens (tertiary/aromatic N) is 1. The van der Waals surface area contributed by atoms with Crippen LogP contribution in [0.5, 0.6) is 0 Å². The van der Waals surface area contributed by atoms with Crippen LogP contribution in [0.15, 0.2) is 17.2 Å². The number of halogens is 1. The highest BCUT2D eigenvalue weighted by Crippen LogP contribution is 2.16. The molecule has 1 rings (SSSR count). The molecular formula is C12H20FN3O4S. The number of anilines is 1. The second kappa shape index (κ2) is 8.88. The number of rotatable bonds is 10. The molecule has 0 aliphatic heterocycles. The van der Waals surface area contributed by atoms with E-state index in [9.17, 15) is 12.8 Å². The predicted octanol–water partition coefficient (Wildman–Crippen LogP) is 0.594. The topological polar surface area (TPSA) is 89.5 Å².